The maximum Gasteiger partial charge on any atom is 0.242 e. The number of hydrogen-bond donors (Lipinski definition) is 2. The van der Waals surface area contributed by atoms with Gasteiger partial charge in [-0.15, -0.1) is 0 Å². The van der Waals surface area contributed by atoms with Crippen molar-refractivity contribution >= 4 is 5.91 Å². The lowest BCUT2D eigenvalue weighted by Gasteiger charge is -2.28. The van der Waals surface area contributed by atoms with Crippen molar-refractivity contribution in [3.8, 4) is 0 Å². The van der Waals surface area contributed by atoms with E-state index in [0.717, 1.165) is 0 Å². The summed E-state index contributed by atoms with van der Waals surface area (Å²) in [5, 5.41) is 6.40. The molecule has 0 bridgehead atoms. The van der Waals surface area contributed by atoms with Crippen LogP contribution in [0.3, 0.4) is 0 Å². The third-order valence-electron chi connectivity index (χ3n) is 3.45. The highest BCUT2D eigenvalue weighted by atomic mass is 19.1. The molecular weight excluding hydrogens is 249 g/mol. The van der Waals surface area contributed by atoms with Gasteiger partial charge in [0, 0.05) is 18.0 Å². The molecule has 0 saturated carbocycles. The number of rotatable bonds is 5. The lowest BCUT2D eigenvalue weighted by molar-refractivity contribution is -0.124. The van der Waals surface area contributed by atoms with Crippen molar-refractivity contribution in [3.05, 3.63) is 45.6 Å². The maximum atomic E-state index is 13.7. The van der Waals surface area contributed by atoms with Gasteiger partial charge in [-0.25, -0.2) is 4.39 Å². The van der Waals surface area contributed by atoms with E-state index in [4.69, 9.17) is 11.3 Å². The maximum absolute atomic E-state index is 13.7. The zero-order valence-corrected chi connectivity index (χ0v) is 10.3. The van der Waals surface area contributed by atoms with Crippen molar-refractivity contribution < 1.29 is 9.18 Å². The summed E-state index contributed by atoms with van der Waals surface area (Å²) < 4.78 is 13.7. The summed E-state index contributed by atoms with van der Waals surface area (Å²) in [6.45, 7) is 0.513. The second-order valence-corrected chi connectivity index (χ2v) is 4.42. The fourth-order valence-electron chi connectivity index (χ4n) is 2.55. The number of azide groups is 1. The molecule has 0 heterocycles. The van der Waals surface area contributed by atoms with Crippen molar-refractivity contribution in [1.82, 2.24) is 5.32 Å². The number of nitrogens with one attached hydrogen (secondary N) is 1. The quantitative estimate of drug-likeness (QED) is 0.362. The molecule has 19 heavy (non-hydrogen) atoms. The van der Waals surface area contributed by atoms with E-state index in [1.165, 1.54) is 6.07 Å². The number of nitrogens with two attached hydrogens (primary N) is 1. The van der Waals surface area contributed by atoms with Crippen LogP contribution in [0.5, 0.6) is 0 Å². The van der Waals surface area contributed by atoms with Crippen LogP contribution >= 0.6 is 0 Å². The van der Waals surface area contributed by atoms with Crippen molar-refractivity contribution in [2.75, 3.05) is 13.1 Å². The minimum Gasteiger partial charge on any atom is -0.368 e. The molecule has 0 radical (unpaired) electrons. The summed E-state index contributed by atoms with van der Waals surface area (Å²) in [5.74, 6) is -0.866. The van der Waals surface area contributed by atoms with Gasteiger partial charge in [-0.1, -0.05) is 17.2 Å². The molecule has 2 rings (SSSR count). The largest absolute Gasteiger partial charge is 0.368 e. The van der Waals surface area contributed by atoms with Gasteiger partial charge in [-0.05, 0) is 35.6 Å². The molecule has 1 aromatic rings. The van der Waals surface area contributed by atoms with Crippen molar-refractivity contribution in [2.45, 2.75) is 18.4 Å². The summed E-state index contributed by atoms with van der Waals surface area (Å²) in [7, 11) is 0. The normalized spacial score (nSPS) is 20.7. The Bertz CT molecular complexity index is 555. The number of fused-ring (bicyclic) bond motifs is 1. The SMILES string of the molecule is [N-]=[N+]=NCCNC1(C(N)=O)CCc2c(F)cccc21. The Hall–Kier alpha value is -2.11. The molecule has 1 unspecified atom stereocenters. The smallest absolute Gasteiger partial charge is 0.242 e. The van der Waals surface area contributed by atoms with Gasteiger partial charge in [-0.2, -0.15) is 0 Å². The number of carbonyl (C=O) groups is 1. The third kappa shape index (κ3) is 2.25. The van der Waals surface area contributed by atoms with Crippen LogP contribution in [-0.2, 0) is 16.8 Å². The van der Waals surface area contributed by atoms with E-state index in [1.54, 1.807) is 12.1 Å². The Labute approximate surface area is 109 Å². The van der Waals surface area contributed by atoms with Gasteiger partial charge in [0.2, 0.25) is 5.91 Å². The summed E-state index contributed by atoms with van der Waals surface area (Å²) in [4.78, 5) is 14.4. The molecule has 1 aliphatic carbocycles. The van der Waals surface area contributed by atoms with E-state index in [1.807, 2.05) is 0 Å². The first-order chi connectivity index (χ1) is 9.12. The van der Waals surface area contributed by atoms with Crippen LogP contribution in [0.4, 0.5) is 4.39 Å². The molecule has 1 amide bonds. The minimum atomic E-state index is -1.07. The molecule has 3 N–H and O–H groups in total. The number of benzene rings is 1. The van der Waals surface area contributed by atoms with Gasteiger partial charge in [0.25, 0.3) is 0 Å². The molecule has 1 aromatic carbocycles. The fraction of sp³-hybridized carbons (Fsp3) is 0.417. The molecule has 6 nitrogen and oxygen atoms in total. The number of amides is 1. The predicted octanol–water partition coefficient (Wildman–Crippen LogP) is 1.35. The summed E-state index contributed by atoms with van der Waals surface area (Å²) >= 11 is 0. The Kier molecular flexibility index (Phi) is 3.69. The molecule has 0 aromatic heterocycles. The number of nitrogens with zero attached hydrogens (tertiary/aromatic N) is 3. The Balaban J connectivity index is 2.31. The lowest BCUT2D eigenvalue weighted by Crippen LogP contribution is -2.52. The van der Waals surface area contributed by atoms with Crippen LogP contribution in [-0.4, -0.2) is 19.0 Å². The van der Waals surface area contributed by atoms with E-state index in [-0.39, 0.29) is 12.4 Å². The van der Waals surface area contributed by atoms with E-state index < -0.39 is 11.4 Å². The van der Waals surface area contributed by atoms with Crippen LogP contribution in [0.2, 0.25) is 0 Å². The summed E-state index contributed by atoms with van der Waals surface area (Å²) in [5.41, 5.74) is 13.7. The van der Waals surface area contributed by atoms with E-state index >= 15 is 0 Å². The third-order valence-corrected chi connectivity index (χ3v) is 3.45. The zero-order chi connectivity index (χ0) is 13.9. The highest BCUT2D eigenvalue weighted by Gasteiger charge is 2.44. The van der Waals surface area contributed by atoms with Gasteiger partial charge in [0.05, 0.1) is 0 Å². The Morgan fingerprint density at radius 3 is 3.11 bits per heavy atom. The van der Waals surface area contributed by atoms with Gasteiger partial charge >= 0.3 is 0 Å². The zero-order valence-electron chi connectivity index (χ0n) is 10.3. The standard InChI is InChI=1S/C12H14FN5O/c13-10-3-1-2-9-8(10)4-5-12(9,11(14)19)16-6-7-17-18-15/h1-3,16H,4-7H2,(H2,14,19). The molecule has 0 aliphatic heterocycles. The molecule has 1 aliphatic rings. The number of hydrogen-bond acceptors (Lipinski definition) is 3. The highest BCUT2D eigenvalue weighted by Crippen LogP contribution is 2.37. The average Bonchev–Trinajstić information content (AvgIpc) is 2.77. The molecule has 0 saturated heterocycles. The van der Waals surface area contributed by atoms with Crippen molar-refractivity contribution in [2.24, 2.45) is 10.8 Å². The summed E-state index contributed by atoms with van der Waals surface area (Å²) in [6.07, 6.45) is 0.869. The highest BCUT2D eigenvalue weighted by molar-refractivity contribution is 5.87. The molecule has 7 heteroatoms. The predicted molar refractivity (Wildman–Crippen MR) is 67.6 cm³/mol. The van der Waals surface area contributed by atoms with Crippen LogP contribution in [0.25, 0.3) is 10.4 Å². The van der Waals surface area contributed by atoms with E-state index in [9.17, 15) is 9.18 Å². The lowest BCUT2D eigenvalue weighted by atomic mass is 9.91. The van der Waals surface area contributed by atoms with Crippen molar-refractivity contribution in [1.29, 1.82) is 0 Å². The number of halogens is 1. The first-order valence-electron chi connectivity index (χ1n) is 5.95. The Morgan fingerprint density at radius 2 is 2.42 bits per heavy atom. The second kappa shape index (κ2) is 5.26. The monoisotopic (exact) mass is 263 g/mol. The van der Waals surface area contributed by atoms with Crippen LogP contribution < -0.4 is 11.1 Å². The van der Waals surface area contributed by atoms with E-state index in [0.29, 0.717) is 30.5 Å². The fourth-order valence-corrected chi connectivity index (χ4v) is 2.55. The summed E-state index contributed by atoms with van der Waals surface area (Å²) in [6, 6.07) is 4.64. The topological polar surface area (TPSA) is 104 Å². The number of carbonyl (C=O) groups excluding carboxylic acids is 1. The molecular formula is C12H14FN5O. The molecule has 0 fully saturated rings. The van der Waals surface area contributed by atoms with E-state index in [2.05, 4.69) is 15.3 Å². The first kappa shape index (κ1) is 13.3. The minimum absolute atomic E-state index is 0.205. The molecule has 0 spiro atoms. The number of primary amides is 1. The Morgan fingerprint density at radius 1 is 1.63 bits per heavy atom. The average molecular weight is 263 g/mol. The second-order valence-electron chi connectivity index (χ2n) is 4.42. The van der Waals surface area contributed by atoms with Gasteiger partial charge in [0.1, 0.15) is 11.4 Å². The van der Waals surface area contributed by atoms with Crippen LogP contribution in [0, 0.1) is 5.82 Å². The van der Waals surface area contributed by atoms with Crippen LogP contribution in [0.15, 0.2) is 23.3 Å². The van der Waals surface area contributed by atoms with Gasteiger partial charge in [0.15, 0.2) is 0 Å². The van der Waals surface area contributed by atoms with Gasteiger partial charge in [-0.3, -0.25) is 10.1 Å². The van der Waals surface area contributed by atoms with Crippen LogP contribution in [0.1, 0.15) is 17.5 Å². The van der Waals surface area contributed by atoms with Crippen molar-refractivity contribution in [3.63, 3.8) is 0 Å². The molecule has 1 atom stereocenters. The molecule has 100 valence electrons. The first-order valence-corrected chi connectivity index (χ1v) is 5.95. The van der Waals surface area contributed by atoms with Gasteiger partial charge < -0.3 is 5.73 Å².